The molecule has 20 heavy (non-hydrogen) atoms. The third kappa shape index (κ3) is 4.18. The molecule has 0 bridgehead atoms. The van der Waals surface area contributed by atoms with Crippen molar-refractivity contribution >= 4 is 29.3 Å². The van der Waals surface area contributed by atoms with Crippen LogP contribution in [0.4, 0.5) is 0 Å². The molecule has 0 saturated carbocycles. The van der Waals surface area contributed by atoms with Gasteiger partial charge in [0.05, 0.1) is 0 Å². The molecule has 2 aromatic rings. The van der Waals surface area contributed by atoms with Crippen molar-refractivity contribution in [1.82, 2.24) is 0 Å². The number of hydrogen-bond acceptors (Lipinski definition) is 3. The second-order valence-electron chi connectivity index (χ2n) is 4.13. The van der Waals surface area contributed by atoms with E-state index in [1.165, 1.54) is 11.8 Å². The lowest BCUT2D eigenvalue weighted by Crippen LogP contribution is -2.10. The Hall–Kier alpha value is -1.65. The average molecular weight is 309 g/mol. The standard InChI is InChI=1S/C15H13ClO3S/c1-10(15(17)18)20-14-8-6-13(7-9-14)19-12-4-2-11(16)3-5-12/h2-10H,1H3,(H,17,18). The molecule has 0 saturated heterocycles. The molecule has 0 fully saturated rings. The number of carboxylic acid groups (broad SMARTS) is 1. The fourth-order valence-electron chi connectivity index (χ4n) is 1.48. The first-order valence-electron chi connectivity index (χ1n) is 5.97. The maximum atomic E-state index is 10.8. The lowest BCUT2D eigenvalue weighted by atomic mass is 10.3. The van der Waals surface area contributed by atoms with Crippen molar-refractivity contribution < 1.29 is 14.6 Å². The van der Waals surface area contributed by atoms with E-state index in [9.17, 15) is 4.79 Å². The van der Waals surface area contributed by atoms with Gasteiger partial charge in [-0.15, -0.1) is 11.8 Å². The zero-order chi connectivity index (χ0) is 14.5. The molecule has 1 N–H and O–H groups in total. The number of thioether (sulfide) groups is 1. The minimum absolute atomic E-state index is 0.474. The van der Waals surface area contributed by atoms with Gasteiger partial charge >= 0.3 is 5.97 Å². The molecule has 5 heteroatoms. The Bertz CT molecular complexity index is 581. The number of ether oxygens (including phenoxy) is 1. The molecule has 0 amide bonds. The van der Waals surface area contributed by atoms with Crippen LogP contribution in [0.3, 0.4) is 0 Å². The van der Waals surface area contributed by atoms with Crippen LogP contribution in [0, 0.1) is 0 Å². The van der Waals surface area contributed by atoms with E-state index in [1.54, 1.807) is 31.2 Å². The monoisotopic (exact) mass is 308 g/mol. The van der Waals surface area contributed by atoms with Crippen LogP contribution in [0.2, 0.25) is 5.02 Å². The molecule has 0 aliphatic heterocycles. The van der Waals surface area contributed by atoms with Gasteiger partial charge in [-0.1, -0.05) is 11.6 Å². The lowest BCUT2D eigenvalue weighted by molar-refractivity contribution is -0.136. The van der Waals surface area contributed by atoms with Crippen molar-refractivity contribution in [3.8, 4) is 11.5 Å². The van der Waals surface area contributed by atoms with Crippen LogP contribution in [-0.4, -0.2) is 16.3 Å². The molecule has 1 atom stereocenters. The van der Waals surface area contributed by atoms with Crippen molar-refractivity contribution in [3.05, 3.63) is 53.6 Å². The van der Waals surface area contributed by atoms with Gasteiger partial charge in [0.25, 0.3) is 0 Å². The Labute approximate surface area is 126 Å². The highest BCUT2D eigenvalue weighted by Gasteiger charge is 2.12. The van der Waals surface area contributed by atoms with E-state index in [2.05, 4.69) is 0 Å². The third-order valence-corrected chi connectivity index (χ3v) is 3.89. The Morgan fingerprint density at radius 1 is 1.10 bits per heavy atom. The van der Waals surface area contributed by atoms with E-state index < -0.39 is 11.2 Å². The highest BCUT2D eigenvalue weighted by molar-refractivity contribution is 8.00. The lowest BCUT2D eigenvalue weighted by Gasteiger charge is -2.08. The van der Waals surface area contributed by atoms with Crippen LogP contribution in [0.15, 0.2) is 53.4 Å². The Morgan fingerprint density at radius 2 is 1.60 bits per heavy atom. The number of carbonyl (C=O) groups is 1. The topological polar surface area (TPSA) is 46.5 Å². The summed E-state index contributed by atoms with van der Waals surface area (Å²) in [5.74, 6) is 0.574. The predicted octanol–water partition coefficient (Wildman–Crippen LogP) is 4.70. The molecule has 104 valence electrons. The fourth-order valence-corrected chi connectivity index (χ4v) is 2.41. The maximum absolute atomic E-state index is 10.8. The zero-order valence-electron chi connectivity index (χ0n) is 10.7. The van der Waals surface area contributed by atoms with Crippen LogP contribution < -0.4 is 4.74 Å². The van der Waals surface area contributed by atoms with Gasteiger partial charge in [-0.2, -0.15) is 0 Å². The number of carboxylic acids is 1. The molecule has 2 aromatic carbocycles. The van der Waals surface area contributed by atoms with Crippen molar-refractivity contribution in [3.63, 3.8) is 0 Å². The normalized spacial score (nSPS) is 11.9. The number of hydrogen-bond donors (Lipinski definition) is 1. The van der Waals surface area contributed by atoms with Gasteiger partial charge < -0.3 is 9.84 Å². The molecule has 3 nitrogen and oxygen atoms in total. The number of halogens is 1. The fraction of sp³-hybridized carbons (Fsp3) is 0.133. The minimum Gasteiger partial charge on any atom is -0.480 e. The highest BCUT2D eigenvalue weighted by atomic mass is 35.5. The SMILES string of the molecule is CC(Sc1ccc(Oc2ccc(Cl)cc2)cc1)C(=O)O. The van der Waals surface area contributed by atoms with Crippen molar-refractivity contribution in [1.29, 1.82) is 0 Å². The third-order valence-electron chi connectivity index (χ3n) is 2.53. The second kappa shape index (κ2) is 6.68. The number of benzene rings is 2. The first kappa shape index (κ1) is 14.8. The molecule has 0 radical (unpaired) electrons. The summed E-state index contributed by atoms with van der Waals surface area (Å²) < 4.78 is 5.66. The van der Waals surface area contributed by atoms with E-state index in [0.29, 0.717) is 16.5 Å². The van der Waals surface area contributed by atoms with E-state index in [0.717, 1.165) is 4.90 Å². The number of aliphatic carboxylic acids is 1. The molecule has 1 unspecified atom stereocenters. The molecule has 0 spiro atoms. The minimum atomic E-state index is -0.823. The molecule has 0 aliphatic carbocycles. The van der Waals surface area contributed by atoms with Gasteiger partial charge in [-0.3, -0.25) is 4.79 Å². The van der Waals surface area contributed by atoms with Gasteiger partial charge in [-0.05, 0) is 55.5 Å². The highest BCUT2D eigenvalue weighted by Crippen LogP contribution is 2.28. The summed E-state index contributed by atoms with van der Waals surface area (Å²) in [4.78, 5) is 11.7. The average Bonchev–Trinajstić information content (AvgIpc) is 2.43. The summed E-state index contributed by atoms with van der Waals surface area (Å²) in [6.45, 7) is 1.66. The first-order chi connectivity index (χ1) is 9.54. The maximum Gasteiger partial charge on any atom is 0.316 e. The predicted molar refractivity (Wildman–Crippen MR) is 80.9 cm³/mol. The Morgan fingerprint density at radius 3 is 2.10 bits per heavy atom. The number of rotatable bonds is 5. The second-order valence-corrected chi connectivity index (χ2v) is 5.98. The van der Waals surface area contributed by atoms with E-state index in [1.807, 2.05) is 24.3 Å². The van der Waals surface area contributed by atoms with Gasteiger partial charge in [0, 0.05) is 9.92 Å². The summed E-state index contributed by atoms with van der Waals surface area (Å²) >= 11 is 7.10. The van der Waals surface area contributed by atoms with Gasteiger partial charge in [0.15, 0.2) is 0 Å². The summed E-state index contributed by atoms with van der Waals surface area (Å²) in [5, 5.41) is 9.04. The van der Waals surface area contributed by atoms with Gasteiger partial charge in [0.2, 0.25) is 0 Å². The van der Waals surface area contributed by atoms with Crippen molar-refractivity contribution in [2.45, 2.75) is 17.1 Å². The molecule has 0 heterocycles. The van der Waals surface area contributed by atoms with Crippen LogP contribution in [-0.2, 0) is 4.79 Å². The van der Waals surface area contributed by atoms with Crippen LogP contribution in [0.5, 0.6) is 11.5 Å². The van der Waals surface area contributed by atoms with Crippen molar-refractivity contribution in [2.75, 3.05) is 0 Å². The summed E-state index contributed by atoms with van der Waals surface area (Å²) in [6.07, 6.45) is 0. The van der Waals surface area contributed by atoms with Crippen LogP contribution in [0.25, 0.3) is 0 Å². The van der Waals surface area contributed by atoms with Crippen molar-refractivity contribution in [2.24, 2.45) is 0 Å². The van der Waals surface area contributed by atoms with E-state index >= 15 is 0 Å². The van der Waals surface area contributed by atoms with Gasteiger partial charge in [0.1, 0.15) is 16.7 Å². The molecular formula is C15H13ClO3S. The largest absolute Gasteiger partial charge is 0.480 e. The quantitative estimate of drug-likeness (QED) is 0.813. The summed E-state index contributed by atoms with van der Waals surface area (Å²) in [7, 11) is 0. The van der Waals surface area contributed by atoms with Crippen LogP contribution in [0.1, 0.15) is 6.92 Å². The smallest absolute Gasteiger partial charge is 0.316 e. The van der Waals surface area contributed by atoms with Crippen LogP contribution >= 0.6 is 23.4 Å². The Kier molecular flexibility index (Phi) is 4.93. The summed E-state index contributed by atoms with van der Waals surface area (Å²) in [6, 6.07) is 14.4. The van der Waals surface area contributed by atoms with E-state index in [-0.39, 0.29) is 0 Å². The Balaban J connectivity index is 2.01. The molecule has 0 aliphatic rings. The van der Waals surface area contributed by atoms with E-state index in [4.69, 9.17) is 21.4 Å². The van der Waals surface area contributed by atoms with Gasteiger partial charge in [-0.25, -0.2) is 0 Å². The first-order valence-corrected chi connectivity index (χ1v) is 7.23. The summed E-state index contributed by atoms with van der Waals surface area (Å²) in [5.41, 5.74) is 0. The molecular weight excluding hydrogens is 296 g/mol. The zero-order valence-corrected chi connectivity index (χ0v) is 12.3. The molecule has 2 rings (SSSR count). The molecule has 0 aromatic heterocycles.